The maximum Gasteiger partial charge on any atom is 0.136 e. The maximum absolute atomic E-state index is 11.4. The minimum absolute atomic E-state index is 0.192. The highest BCUT2D eigenvalue weighted by molar-refractivity contribution is 9.11. The lowest BCUT2D eigenvalue weighted by atomic mass is 9.99. The lowest BCUT2D eigenvalue weighted by molar-refractivity contribution is -0.118. The number of allylic oxidation sites excluding steroid dienone is 5. The van der Waals surface area contributed by atoms with Crippen LogP contribution in [0, 0.1) is 0 Å². The third-order valence-electron chi connectivity index (χ3n) is 2.51. The van der Waals surface area contributed by atoms with Gasteiger partial charge in [-0.3, -0.25) is 15.5 Å². The molecule has 0 aromatic rings. The first-order chi connectivity index (χ1) is 7.67. The molecule has 0 unspecified atom stereocenters. The Morgan fingerprint density at radius 1 is 1.56 bits per heavy atom. The van der Waals surface area contributed by atoms with Gasteiger partial charge in [-0.05, 0) is 12.0 Å². The molecule has 0 saturated heterocycles. The zero-order chi connectivity index (χ0) is 12.0. The normalized spacial score (nSPS) is 26.3. The van der Waals surface area contributed by atoms with E-state index in [0.717, 1.165) is 15.8 Å². The summed E-state index contributed by atoms with van der Waals surface area (Å²) in [6.07, 6.45) is 8.11. The molecule has 0 amide bonds. The molecule has 0 aromatic heterocycles. The van der Waals surface area contributed by atoms with Gasteiger partial charge in [0.05, 0.1) is 0 Å². The molecule has 1 aliphatic rings. The van der Waals surface area contributed by atoms with Crippen molar-refractivity contribution in [3.8, 4) is 0 Å². The van der Waals surface area contributed by atoms with Gasteiger partial charge >= 0.3 is 0 Å². The fourth-order valence-electron chi connectivity index (χ4n) is 1.51. The van der Waals surface area contributed by atoms with Crippen molar-refractivity contribution in [1.29, 1.82) is 0 Å². The van der Waals surface area contributed by atoms with Crippen LogP contribution in [0.1, 0.15) is 32.6 Å². The number of rotatable bonds is 4. The van der Waals surface area contributed by atoms with E-state index in [0.29, 0.717) is 25.7 Å². The van der Waals surface area contributed by atoms with Crippen molar-refractivity contribution >= 4 is 21.7 Å². The van der Waals surface area contributed by atoms with Crippen LogP contribution in [0.4, 0.5) is 0 Å². The fraction of sp³-hybridized carbons (Fsp3) is 0.417. The van der Waals surface area contributed by atoms with E-state index in [1.807, 2.05) is 25.2 Å². The number of carbonyl (C=O) groups is 1. The highest BCUT2D eigenvalue weighted by Gasteiger charge is 2.10. The third kappa shape index (κ3) is 3.94. The number of ketones is 1. The largest absolute Gasteiger partial charge is 0.299 e. The van der Waals surface area contributed by atoms with Crippen molar-refractivity contribution in [1.82, 2.24) is 5.48 Å². The van der Waals surface area contributed by atoms with Gasteiger partial charge in [0.15, 0.2) is 0 Å². The van der Waals surface area contributed by atoms with Crippen LogP contribution in [0.5, 0.6) is 0 Å². The summed E-state index contributed by atoms with van der Waals surface area (Å²) in [6, 6.07) is 0. The summed E-state index contributed by atoms with van der Waals surface area (Å²) in [5.74, 6) is 0.192. The van der Waals surface area contributed by atoms with Crippen LogP contribution in [0.15, 0.2) is 34.0 Å². The molecule has 0 saturated carbocycles. The molecule has 0 fully saturated rings. The number of nitrogens with one attached hydrogen (secondary N) is 1. The lowest BCUT2D eigenvalue weighted by Crippen LogP contribution is -2.12. The van der Waals surface area contributed by atoms with Crippen molar-refractivity contribution in [3.63, 3.8) is 0 Å². The zero-order valence-corrected chi connectivity index (χ0v) is 10.9. The van der Waals surface area contributed by atoms with Crippen LogP contribution in [0.25, 0.3) is 0 Å². The van der Waals surface area contributed by atoms with Gasteiger partial charge < -0.3 is 0 Å². The molecule has 88 valence electrons. The van der Waals surface area contributed by atoms with Gasteiger partial charge in [0.1, 0.15) is 5.78 Å². The van der Waals surface area contributed by atoms with E-state index in [2.05, 4.69) is 21.4 Å². The van der Waals surface area contributed by atoms with Crippen LogP contribution in [0.2, 0.25) is 0 Å². The van der Waals surface area contributed by atoms with Crippen LogP contribution >= 0.6 is 15.9 Å². The van der Waals surface area contributed by atoms with Gasteiger partial charge in [-0.1, -0.05) is 41.1 Å². The molecule has 3 nitrogen and oxygen atoms in total. The zero-order valence-electron chi connectivity index (χ0n) is 9.29. The summed E-state index contributed by atoms with van der Waals surface area (Å²) in [6.45, 7) is 1.85. The predicted molar refractivity (Wildman–Crippen MR) is 67.2 cm³/mol. The molecule has 0 bridgehead atoms. The average Bonchev–Trinajstić information content (AvgIpc) is 2.27. The molecule has 0 spiro atoms. The highest BCUT2D eigenvalue weighted by Crippen LogP contribution is 2.22. The first-order valence-corrected chi connectivity index (χ1v) is 6.11. The van der Waals surface area contributed by atoms with Crippen LogP contribution in [0.3, 0.4) is 0 Å². The lowest BCUT2D eigenvalue weighted by Gasteiger charge is -2.13. The maximum atomic E-state index is 11.4. The molecule has 0 heterocycles. The van der Waals surface area contributed by atoms with E-state index in [1.54, 1.807) is 0 Å². The van der Waals surface area contributed by atoms with E-state index in [9.17, 15) is 4.79 Å². The Kier molecular flexibility index (Phi) is 5.49. The Morgan fingerprint density at radius 3 is 2.94 bits per heavy atom. The Labute approximate surface area is 104 Å². The summed E-state index contributed by atoms with van der Waals surface area (Å²) < 4.78 is 1.01. The molecule has 1 rings (SSSR count). The highest BCUT2D eigenvalue weighted by atomic mass is 79.9. The number of hydrogen-bond donors (Lipinski definition) is 2. The van der Waals surface area contributed by atoms with E-state index in [1.165, 1.54) is 0 Å². The second-order valence-corrected chi connectivity index (χ2v) is 4.58. The quantitative estimate of drug-likeness (QED) is 0.780. The van der Waals surface area contributed by atoms with Crippen LogP contribution < -0.4 is 5.48 Å². The summed E-state index contributed by atoms with van der Waals surface area (Å²) >= 11 is 3.41. The SMILES string of the molecule is CCC(=O)C/C1=C(\NO)C/C=C\C(Br)=C/C1. The fourth-order valence-corrected chi connectivity index (χ4v) is 1.86. The second-order valence-electron chi connectivity index (χ2n) is 3.66. The smallest absolute Gasteiger partial charge is 0.136 e. The number of Topliss-reactive ketones (excluding diaryl/α,β-unsaturated/α-hetero) is 1. The third-order valence-corrected chi connectivity index (χ3v) is 3.10. The minimum Gasteiger partial charge on any atom is -0.299 e. The van der Waals surface area contributed by atoms with E-state index in [-0.39, 0.29) is 5.78 Å². The van der Waals surface area contributed by atoms with Crippen LogP contribution in [-0.2, 0) is 4.79 Å². The van der Waals surface area contributed by atoms with Crippen molar-refractivity contribution < 1.29 is 10.0 Å². The molecule has 2 N–H and O–H groups in total. The molecule has 16 heavy (non-hydrogen) atoms. The molecule has 4 heteroatoms. The predicted octanol–water partition coefficient (Wildman–Crippen LogP) is 3.22. The molecule has 0 radical (unpaired) electrons. The molecule has 0 aromatic carbocycles. The number of hydroxylamine groups is 1. The van der Waals surface area contributed by atoms with Crippen LogP contribution in [-0.4, -0.2) is 11.0 Å². The second kappa shape index (κ2) is 6.66. The molecule has 0 atom stereocenters. The van der Waals surface area contributed by atoms with Crippen molar-refractivity contribution in [2.24, 2.45) is 0 Å². The average molecular weight is 286 g/mol. The summed E-state index contributed by atoms with van der Waals surface area (Å²) in [4.78, 5) is 11.4. The first kappa shape index (κ1) is 13.2. The number of halogens is 1. The summed E-state index contributed by atoms with van der Waals surface area (Å²) in [5.41, 5.74) is 3.88. The van der Waals surface area contributed by atoms with Gasteiger partial charge in [-0.2, -0.15) is 0 Å². The van der Waals surface area contributed by atoms with Gasteiger partial charge in [-0.25, -0.2) is 0 Å². The molecular formula is C12H16BrNO2. The van der Waals surface area contributed by atoms with E-state index < -0.39 is 0 Å². The Hall–Kier alpha value is -0.870. The molecular weight excluding hydrogens is 270 g/mol. The Balaban J connectivity index is 2.88. The number of carbonyl (C=O) groups excluding carboxylic acids is 1. The monoisotopic (exact) mass is 285 g/mol. The Bertz CT molecular complexity index is 356. The van der Waals surface area contributed by atoms with Crippen molar-refractivity contribution in [2.45, 2.75) is 32.6 Å². The Morgan fingerprint density at radius 2 is 2.31 bits per heavy atom. The van der Waals surface area contributed by atoms with Gasteiger partial charge in [0.2, 0.25) is 0 Å². The van der Waals surface area contributed by atoms with Gasteiger partial charge in [-0.15, -0.1) is 0 Å². The van der Waals surface area contributed by atoms with Gasteiger partial charge in [0, 0.05) is 29.4 Å². The standard InChI is InChI=1S/C12H16BrNO2/c1-2-11(15)8-9-6-7-10(13)4-3-5-12(9)14-16/h3-4,7,14,16H,2,5-6,8H2,1H3/b4-3-,10-7+,12-9-. The van der Waals surface area contributed by atoms with E-state index >= 15 is 0 Å². The molecule has 0 aliphatic heterocycles. The summed E-state index contributed by atoms with van der Waals surface area (Å²) in [5, 5.41) is 9.04. The van der Waals surface area contributed by atoms with Gasteiger partial charge in [0.25, 0.3) is 0 Å². The van der Waals surface area contributed by atoms with E-state index in [4.69, 9.17) is 5.21 Å². The topological polar surface area (TPSA) is 49.3 Å². The summed E-state index contributed by atoms with van der Waals surface area (Å²) in [7, 11) is 0. The molecule has 1 aliphatic carbocycles. The van der Waals surface area contributed by atoms with Crippen molar-refractivity contribution in [3.05, 3.63) is 34.0 Å². The minimum atomic E-state index is 0.192. The van der Waals surface area contributed by atoms with Crippen molar-refractivity contribution in [2.75, 3.05) is 0 Å². The number of hydrogen-bond acceptors (Lipinski definition) is 3. The first-order valence-electron chi connectivity index (χ1n) is 5.32.